The van der Waals surface area contributed by atoms with E-state index in [4.69, 9.17) is 0 Å². The maximum Gasteiger partial charge on any atom is 0.0490 e. The van der Waals surface area contributed by atoms with Crippen molar-refractivity contribution in [2.24, 2.45) is 5.92 Å². The summed E-state index contributed by atoms with van der Waals surface area (Å²) in [5.74, 6) is 0.819. The minimum absolute atomic E-state index is 0.594. The summed E-state index contributed by atoms with van der Waals surface area (Å²) in [6.45, 7) is 5.67. The van der Waals surface area contributed by atoms with Gasteiger partial charge in [0.25, 0.3) is 0 Å². The van der Waals surface area contributed by atoms with Gasteiger partial charge in [0.15, 0.2) is 0 Å². The lowest BCUT2D eigenvalue weighted by atomic mass is 9.90. The highest BCUT2D eigenvalue weighted by molar-refractivity contribution is 4.97. The molecule has 0 radical (unpaired) electrons. The van der Waals surface area contributed by atoms with Crippen molar-refractivity contribution in [3.05, 3.63) is 18.0 Å². The van der Waals surface area contributed by atoms with Gasteiger partial charge < -0.3 is 10.2 Å². The first-order valence-electron chi connectivity index (χ1n) is 6.16. The number of nitrogens with one attached hydrogen (secondary N) is 2. The van der Waals surface area contributed by atoms with E-state index in [0.717, 1.165) is 12.5 Å². The normalized spacial score (nSPS) is 21.1. The number of piperidine rings is 1. The van der Waals surface area contributed by atoms with Gasteiger partial charge in [-0.1, -0.05) is 0 Å². The molecule has 1 fully saturated rings. The van der Waals surface area contributed by atoms with Gasteiger partial charge in [0.1, 0.15) is 0 Å². The fourth-order valence-electron chi connectivity index (χ4n) is 2.35. The SMILES string of the molecule is CC(NCc1ccn[nH]1)C1CCN(C)CC1. The average molecular weight is 222 g/mol. The standard InChI is InChI=1S/C12H22N4/c1-10(11-4-7-16(2)8-5-11)13-9-12-3-6-14-15-12/h3,6,10-11,13H,4-5,7-9H2,1-2H3,(H,14,15). The minimum atomic E-state index is 0.594. The fourth-order valence-corrected chi connectivity index (χ4v) is 2.35. The molecule has 0 spiro atoms. The number of hydrogen-bond acceptors (Lipinski definition) is 3. The molecular weight excluding hydrogens is 200 g/mol. The van der Waals surface area contributed by atoms with Gasteiger partial charge >= 0.3 is 0 Å². The molecule has 0 aliphatic carbocycles. The number of aromatic amines is 1. The van der Waals surface area contributed by atoms with Crippen molar-refractivity contribution in [2.45, 2.75) is 32.4 Å². The molecule has 1 aromatic rings. The second kappa shape index (κ2) is 5.46. The van der Waals surface area contributed by atoms with Crippen molar-refractivity contribution in [3.8, 4) is 0 Å². The number of rotatable bonds is 4. The van der Waals surface area contributed by atoms with Crippen molar-refractivity contribution in [1.29, 1.82) is 0 Å². The van der Waals surface area contributed by atoms with Crippen molar-refractivity contribution in [1.82, 2.24) is 20.4 Å². The first-order valence-corrected chi connectivity index (χ1v) is 6.16. The molecule has 0 saturated carbocycles. The third-order valence-corrected chi connectivity index (χ3v) is 3.64. The summed E-state index contributed by atoms with van der Waals surface area (Å²) in [6, 6.07) is 2.62. The Morgan fingerprint density at radius 1 is 1.56 bits per heavy atom. The molecule has 1 saturated heterocycles. The number of hydrogen-bond donors (Lipinski definition) is 2. The van der Waals surface area contributed by atoms with Crippen molar-refractivity contribution < 1.29 is 0 Å². The van der Waals surface area contributed by atoms with Crippen molar-refractivity contribution in [2.75, 3.05) is 20.1 Å². The largest absolute Gasteiger partial charge is 0.308 e. The number of H-pyrrole nitrogens is 1. The van der Waals surface area contributed by atoms with Crippen LogP contribution >= 0.6 is 0 Å². The molecule has 0 amide bonds. The maximum absolute atomic E-state index is 3.95. The van der Waals surface area contributed by atoms with E-state index in [9.17, 15) is 0 Å². The third kappa shape index (κ3) is 3.06. The van der Waals surface area contributed by atoms with Crippen molar-refractivity contribution >= 4 is 0 Å². The Kier molecular flexibility index (Phi) is 3.96. The van der Waals surface area contributed by atoms with Gasteiger partial charge in [-0.3, -0.25) is 5.10 Å². The molecule has 1 aromatic heterocycles. The molecule has 4 nitrogen and oxygen atoms in total. The Hall–Kier alpha value is -0.870. The second-order valence-electron chi connectivity index (χ2n) is 4.89. The van der Waals surface area contributed by atoms with E-state index in [1.165, 1.54) is 31.6 Å². The molecule has 0 aromatic carbocycles. The highest BCUT2D eigenvalue weighted by Gasteiger charge is 2.21. The smallest absolute Gasteiger partial charge is 0.0490 e. The average Bonchev–Trinajstić information content (AvgIpc) is 2.80. The molecule has 2 heterocycles. The number of likely N-dealkylation sites (tertiary alicyclic amines) is 1. The van der Waals surface area contributed by atoms with E-state index in [2.05, 4.69) is 34.4 Å². The molecule has 4 heteroatoms. The van der Waals surface area contributed by atoms with E-state index in [1.54, 1.807) is 6.20 Å². The summed E-state index contributed by atoms with van der Waals surface area (Å²) in [7, 11) is 2.21. The van der Waals surface area contributed by atoms with Crippen LogP contribution in [0, 0.1) is 5.92 Å². The van der Waals surface area contributed by atoms with Crippen LogP contribution < -0.4 is 5.32 Å². The molecule has 90 valence electrons. The predicted octanol–water partition coefficient (Wildman–Crippen LogP) is 1.23. The van der Waals surface area contributed by atoms with Gasteiger partial charge in [0.2, 0.25) is 0 Å². The van der Waals surface area contributed by atoms with Gasteiger partial charge in [-0.05, 0) is 51.9 Å². The highest BCUT2D eigenvalue weighted by Crippen LogP contribution is 2.19. The zero-order valence-electron chi connectivity index (χ0n) is 10.2. The van der Waals surface area contributed by atoms with E-state index < -0.39 is 0 Å². The van der Waals surface area contributed by atoms with Crippen LogP contribution in [0.1, 0.15) is 25.5 Å². The van der Waals surface area contributed by atoms with Gasteiger partial charge in [-0.15, -0.1) is 0 Å². The molecule has 1 aliphatic heterocycles. The summed E-state index contributed by atoms with van der Waals surface area (Å²) < 4.78 is 0. The first-order chi connectivity index (χ1) is 7.75. The lowest BCUT2D eigenvalue weighted by molar-refractivity contribution is 0.189. The zero-order valence-corrected chi connectivity index (χ0v) is 10.2. The van der Waals surface area contributed by atoms with Crippen LogP contribution in [0.2, 0.25) is 0 Å². The third-order valence-electron chi connectivity index (χ3n) is 3.64. The number of aromatic nitrogens is 2. The number of nitrogens with zero attached hydrogens (tertiary/aromatic N) is 2. The lowest BCUT2D eigenvalue weighted by Crippen LogP contribution is -2.40. The van der Waals surface area contributed by atoms with Crippen LogP contribution in [0.15, 0.2) is 12.3 Å². The monoisotopic (exact) mass is 222 g/mol. The predicted molar refractivity (Wildman–Crippen MR) is 65.1 cm³/mol. The molecule has 1 atom stereocenters. The summed E-state index contributed by atoms with van der Waals surface area (Å²) in [5, 5.41) is 10.5. The topological polar surface area (TPSA) is 44.0 Å². The Morgan fingerprint density at radius 3 is 2.94 bits per heavy atom. The van der Waals surface area contributed by atoms with Crippen LogP contribution in [0.5, 0.6) is 0 Å². The van der Waals surface area contributed by atoms with Crippen LogP contribution in [-0.2, 0) is 6.54 Å². The lowest BCUT2D eigenvalue weighted by Gasteiger charge is -2.33. The maximum atomic E-state index is 3.95. The Balaban J connectivity index is 1.73. The zero-order chi connectivity index (χ0) is 11.4. The van der Waals surface area contributed by atoms with E-state index in [-0.39, 0.29) is 0 Å². The fraction of sp³-hybridized carbons (Fsp3) is 0.750. The quantitative estimate of drug-likeness (QED) is 0.805. The second-order valence-corrected chi connectivity index (χ2v) is 4.89. The summed E-state index contributed by atoms with van der Waals surface area (Å²) in [5.41, 5.74) is 1.17. The van der Waals surface area contributed by atoms with E-state index >= 15 is 0 Å². The van der Waals surface area contributed by atoms with E-state index in [1.807, 2.05) is 6.07 Å². The molecule has 1 aliphatic rings. The van der Waals surface area contributed by atoms with Gasteiger partial charge in [0, 0.05) is 24.5 Å². The molecule has 16 heavy (non-hydrogen) atoms. The molecule has 2 rings (SSSR count). The highest BCUT2D eigenvalue weighted by atomic mass is 15.1. The Bertz CT molecular complexity index is 288. The van der Waals surface area contributed by atoms with E-state index in [0.29, 0.717) is 6.04 Å². The summed E-state index contributed by atoms with van der Waals surface area (Å²) >= 11 is 0. The molecule has 1 unspecified atom stereocenters. The Labute approximate surface area is 97.4 Å². The van der Waals surface area contributed by atoms with Gasteiger partial charge in [-0.2, -0.15) is 5.10 Å². The van der Waals surface area contributed by atoms with Crippen LogP contribution in [0.25, 0.3) is 0 Å². The van der Waals surface area contributed by atoms with Crippen LogP contribution in [-0.4, -0.2) is 41.3 Å². The molecular formula is C12H22N4. The first kappa shape index (κ1) is 11.6. The van der Waals surface area contributed by atoms with Crippen LogP contribution in [0.4, 0.5) is 0 Å². The summed E-state index contributed by atoms with van der Waals surface area (Å²) in [4.78, 5) is 2.41. The van der Waals surface area contributed by atoms with Gasteiger partial charge in [-0.25, -0.2) is 0 Å². The molecule has 0 bridgehead atoms. The summed E-state index contributed by atoms with van der Waals surface area (Å²) in [6.07, 6.45) is 4.43. The minimum Gasteiger partial charge on any atom is -0.308 e. The molecule has 2 N–H and O–H groups in total. The van der Waals surface area contributed by atoms with Gasteiger partial charge in [0.05, 0.1) is 0 Å². The van der Waals surface area contributed by atoms with Crippen LogP contribution in [0.3, 0.4) is 0 Å². The van der Waals surface area contributed by atoms with Crippen molar-refractivity contribution in [3.63, 3.8) is 0 Å². The Morgan fingerprint density at radius 2 is 2.31 bits per heavy atom.